The van der Waals surface area contributed by atoms with Gasteiger partial charge in [0.05, 0.1) is 18.8 Å². The van der Waals surface area contributed by atoms with Gasteiger partial charge in [-0.25, -0.2) is 9.59 Å². The normalized spacial score (nSPS) is 16.7. The van der Waals surface area contributed by atoms with Crippen molar-refractivity contribution in [3.8, 4) is 0 Å². The highest BCUT2D eigenvalue weighted by Gasteiger charge is 2.30. The summed E-state index contributed by atoms with van der Waals surface area (Å²) >= 11 is 1.01. The Balaban J connectivity index is 2.32. The molecule has 1 amide bonds. The molecular weight excluding hydrogens is 334 g/mol. The molecule has 1 aliphatic heterocycles. The van der Waals surface area contributed by atoms with Gasteiger partial charge >= 0.3 is 11.9 Å². The van der Waals surface area contributed by atoms with Gasteiger partial charge in [0.2, 0.25) is 0 Å². The molecular formula is C16H21NO6S. The van der Waals surface area contributed by atoms with Crippen molar-refractivity contribution < 1.29 is 28.6 Å². The molecule has 132 valence electrons. The minimum atomic E-state index is -0.579. The van der Waals surface area contributed by atoms with E-state index < -0.39 is 18.0 Å². The van der Waals surface area contributed by atoms with Gasteiger partial charge in [0.1, 0.15) is 16.0 Å². The van der Waals surface area contributed by atoms with E-state index >= 15 is 0 Å². The monoisotopic (exact) mass is 355 g/mol. The van der Waals surface area contributed by atoms with Crippen LogP contribution in [0.5, 0.6) is 0 Å². The maximum atomic E-state index is 12.3. The number of esters is 2. The highest BCUT2D eigenvalue weighted by atomic mass is 32.1. The van der Waals surface area contributed by atoms with Crippen molar-refractivity contribution in [2.75, 3.05) is 25.1 Å². The van der Waals surface area contributed by atoms with E-state index in [1.807, 2.05) is 0 Å². The van der Waals surface area contributed by atoms with E-state index in [1.165, 1.54) is 0 Å². The Morgan fingerprint density at radius 3 is 2.46 bits per heavy atom. The number of amides is 1. The topological polar surface area (TPSA) is 90.9 Å². The van der Waals surface area contributed by atoms with Crippen LogP contribution in [-0.4, -0.2) is 43.8 Å². The molecule has 8 heteroatoms. The van der Waals surface area contributed by atoms with Crippen molar-refractivity contribution in [1.82, 2.24) is 0 Å². The molecule has 1 aromatic heterocycles. The zero-order valence-electron chi connectivity index (χ0n) is 14.0. The Bertz CT molecular complexity index is 633. The van der Waals surface area contributed by atoms with Crippen LogP contribution in [-0.2, 0) is 19.0 Å². The molecule has 2 rings (SSSR count). The van der Waals surface area contributed by atoms with Crippen LogP contribution in [0, 0.1) is 6.92 Å². The second kappa shape index (κ2) is 8.25. The number of nitrogens with one attached hydrogen (secondary N) is 1. The van der Waals surface area contributed by atoms with Gasteiger partial charge in [-0.05, 0) is 39.2 Å². The van der Waals surface area contributed by atoms with Crippen LogP contribution in [0.3, 0.4) is 0 Å². The Morgan fingerprint density at radius 1 is 1.21 bits per heavy atom. The first-order chi connectivity index (χ1) is 11.5. The molecule has 0 aromatic carbocycles. The van der Waals surface area contributed by atoms with Crippen LogP contribution in [0.15, 0.2) is 0 Å². The Kier molecular flexibility index (Phi) is 6.33. The van der Waals surface area contributed by atoms with E-state index in [9.17, 15) is 14.4 Å². The third-order valence-electron chi connectivity index (χ3n) is 3.55. The molecule has 7 nitrogen and oxygen atoms in total. The maximum absolute atomic E-state index is 12.3. The lowest BCUT2D eigenvalue weighted by atomic mass is 10.1. The number of carbonyl (C=O) groups excluding carboxylic acids is 3. The number of rotatable bonds is 6. The van der Waals surface area contributed by atoms with Crippen LogP contribution in [0.25, 0.3) is 0 Å². The predicted octanol–water partition coefficient (Wildman–Crippen LogP) is 2.53. The molecule has 1 aliphatic rings. The maximum Gasteiger partial charge on any atom is 0.348 e. The summed E-state index contributed by atoms with van der Waals surface area (Å²) in [5.74, 6) is -1.43. The van der Waals surface area contributed by atoms with Crippen molar-refractivity contribution in [3.05, 3.63) is 16.0 Å². The van der Waals surface area contributed by atoms with Crippen molar-refractivity contribution in [3.63, 3.8) is 0 Å². The van der Waals surface area contributed by atoms with Gasteiger partial charge in [0.15, 0.2) is 0 Å². The molecule has 0 bridgehead atoms. The first-order valence-electron chi connectivity index (χ1n) is 7.89. The van der Waals surface area contributed by atoms with Crippen LogP contribution in [0.4, 0.5) is 5.00 Å². The molecule has 1 N–H and O–H groups in total. The van der Waals surface area contributed by atoms with Crippen molar-refractivity contribution in [2.24, 2.45) is 0 Å². The van der Waals surface area contributed by atoms with Crippen LogP contribution >= 0.6 is 11.3 Å². The van der Waals surface area contributed by atoms with Crippen molar-refractivity contribution in [1.29, 1.82) is 0 Å². The highest BCUT2D eigenvalue weighted by molar-refractivity contribution is 7.18. The van der Waals surface area contributed by atoms with Gasteiger partial charge in [-0.15, -0.1) is 11.3 Å². The Hall–Kier alpha value is -1.93. The number of carbonyl (C=O) groups is 3. The second-order valence-electron chi connectivity index (χ2n) is 5.19. The van der Waals surface area contributed by atoms with Gasteiger partial charge in [0.25, 0.3) is 5.91 Å². The van der Waals surface area contributed by atoms with Gasteiger partial charge < -0.3 is 19.5 Å². The fraction of sp³-hybridized carbons (Fsp3) is 0.562. The number of hydrogen-bond acceptors (Lipinski definition) is 7. The number of hydrogen-bond donors (Lipinski definition) is 1. The zero-order valence-corrected chi connectivity index (χ0v) is 14.8. The number of ether oxygens (including phenoxy) is 3. The van der Waals surface area contributed by atoms with E-state index in [0.717, 1.165) is 17.8 Å². The van der Waals surface area contributed by atoms with E-state index in [0.29, 0.717) is 18.6 Å². The summed E-state index contributed by atoms with van der Waals surface area (Å²) in [6.07, 6.45) is 0.921. The standard InChI is InChI=1S/C16H21NO6S/c1-4-21-15(19)11-9(3)12(16(20)22-5-2)24-14(11)17-13(18)10-7-6-8-23-10/h10H,4-8H2,1-3H3,(H,17,18)/t10-/m1/s1. The van der Waals surface area contributed by atoms with Gasteiger partial charge in [-0.3, -0.25) is 4.79 Å². The van der Waals surface area contributed by atoms with Crippen LogP contribution < -0.4 is 5.32 Å². The van der Waals surface area contributed by atoms with Gasteiger partial charge in [0, 0.05) is 6.61 Å². The minimum absolute atomic E-state index is 0.191. The molecule has 1 atom stereocenters. The van der Waals surface area contributed by atoms with Crippen molar-refractivity contribution in [2.45, 2.75) is 39.7 Å². The fourth-order valence-corrected chi connectivity index (χ4v) is 3.51. The second-order valence-corrected chi connectivity index (χ2v) is 6.21. The molecule has 24 heavy (non-hydrogen) atoms. The molecule has 1 saturated heterocycles. The van der Waals surface area contributed by atoms with Crippen molar-refractivity contribution >= 4 is 34.2 Å². The molecule has 1 fully saturated rings. The van der Waals surface area contributed by atoms with E-state index in [1.54, 1.807) is 20.8 Å². The summed E-state index contributed by atoms with van der Waals surface area (Å²) < 4.78 is 15.4. The number of thiophene rings is 1. The lowest BCUT2D eigenvalue weighted by Crippen LogP contribution is -2.27. The summed E-state index contributed by atoms with van der Waals surface area (Å²) in [5.41, 5.74) is 0.635. The molecule has 1 aromatic rings. The molecule has 0 saturated carbocycles. The summed E-state index contributed by atoms with van der Waals surface area (Å²) in [6, 6.07) is 0. The van der Waals surface area contributed by atoms with Crippen LogP contribution in [0.1, 0.15) is 52.3 Å². The first-order valence-corrected chi connectivity index (χ1v) is 8.71. The molecule has 0 unspecified atom stereocenters. The molecule has 2 heterocycles. The zero-order chi connectivity index (χ0) is 17.7. The number of anilines is 1. The molecule has 0 radical (unpaired) electrons. The molecule has 0 aliphatic carbocycles. The minimum Gasteiger partial charge on any atom is -0.462 e. The lowest BCUT2D eigenvalue weighted by molar-refractivity contribution is -0.124. The fourth-order valence-electron chi connectivity index (χ4n) is 2.42. The van der Waals surface area contributed by atoms with E-state index in [2.05, 4.69) is 5.32 Å². The van der Waals surface area contributed by atoms with E-state index in [-0.39, 0.29) is 34.6 Å². The third kappa shape index (κ3) is 3.93. The summed E-state index contributed by atoms with van der Waals surface area (Å²) in [7, 11) is 0. The third-order valence-corrected chi connectivity index (χ3v) is 4.73. The highest BCUT2D eigenvalue weighted by Crippen LogP contribution is 2.34. The molecule has 0 spiro atoms. The van der Waals surface area contributed by atoms with Gasteiger partial charge in [-0.1, -0.05) is 0 Å². The smallest absolute Gasteiger partial charge is 0.348 e. The van der Waals surface area contributed by atoms with Crippen LogP contribution in [0.2, 0.25) is 0 Å². The average Bonchev–Trinajstić information content (AvgIpc) is 3.16. The Labute approximate surface area is 144 Å². The summed E-state index contributed by atoms with van der Waals surface area (Å²) in [4.78, 5) is 36.8. The quantitative estimate of drug-likeness (QED) is 0.789. The summed E-state index contributed by atoms with van der Waals surface area (Å²) in [5, 5.41) is 2.98. The average molecular weight is 355 g/mol. The van der Waals surface area contributed by atoms with Gasteiger partial charge in [-0.2, -0.15) is 0 Å². The first kappa shape index (κ1) is 18.4. The summed E-state index contributed by atoms with van der Waals surface area (Å²) in [6.45, 7) is 5.99. The largest absolute Gasteiger partial charge is 0.462 e. The Morgan fingerprint density at radius 2 is 1.88 bits per heavy atom. The predicted molar refractivity (Wildman–Crippen MR) is 88.6 cm³/mol. The lowest BCUT2D eigenvalue weighted by Gasteiger charge is -2.10. The van der Waals surface area contributed by atoms with E-state index in [4.69, 9.17) is 14.2 Å². The SMILES string of the molecule is CCOC(=O)c1sc(NC(=O)[C@H]2CCCO2)c(C(=O)OCC)c1C.